The van der Waals surface area contributed by atoms with Gasteiger partial charge in [0.15, 0.2) is 0 Å². The zero-order valence-electron chi connectivity index (χ0n) is 9.68. The van der Waals surface area contributed by atoms with Gasteiger partial charge in [0.1, 0.15) is 5.69 Å². The van der Waals surface area contributed by atoms with Crippen LogP contribution in [-0.2, 0) is 0 Å². The fourth-order valence-electron chi connectivity index (χ4n) is 0.973. The summed E-state index contributed by atoms with van der Waals surface area (Å²) in [5, 5.41) is 2.79. The van der Waals surface area contributed by atoms with Crippen LogP contribution in [-0.4, -0.2) is 40.5 Å². The first kappa shape index (κ1) is 14.3. The summed E-state index contributed by atoms with van der Waals surface area (Å²) >= 11 is 0. The zero-order chi connectivity index (χ0) is 12.5. The molecule has 1 aromatic rings. The van der Waals surface area contributed by atoms with Crippen LogP contribution in [0.15, 0.2) is 12.4 Å². The summed E-state index contributed by atoms with van der Waals surface area (Å²) in [4.78, 5) is 19.6. The quantitative estimate of drug-likeness (QED) is 0.566. The number of aryl methyl sites for hydroxylation is 1. The predicted molar refractivity (Wildman–Crippen MR) is 73.1 cm³/mol. The van der Waals surface area contributed by atoms with Crippen molar-refractivity contribution in [1.82, 2.24) is 15.3 Å². The molecule has 0 fully saturated rings. The SMILES string of the molecule is Cc1cnc(C(=O)NCCSSCCN)cn1. The van der Waals surface area contributed by atoms with Gasteiger partial charge in [-0.2, -0.15) is 0 Å². The monoisotopic (exact) mass is 272 g/mol. The lowest BCUT2D eigenvalue weighted by Crippen LogP contribution is -2.26. The van der Waals surface area contributed by atoms with Crippen LogP contribution in [0.4, 0.5) is 0 Å². The van der Waals surface area contributed by atoms with Gasteiger partial charge in [0.05, 0.1) is 11.9 Å². The molecule has 1 amide bonds. The first-order valence-electron chi connectivity index (χ1n) is 5.25. The molecule has 7 heteroatoms. The molecule has 5 nitrogen and oxygen atoms in total. The third kappa shape index (κ3) is 5.90. The predicted octanol–water partition coefficient (Wildman–Crippen LogP) is 0.855. The van der Waals surface area contributed by atoms with Gasteiger partial charge in [-0.05, 0) is 6.92 Å². The summed E-state index contributed by atoms with van der Waals surface area (Å²) in [5.74, 6) is 1.61. The molecule has 0 radical (unpaired) electrons. The van der Waals surface area contributed by atoms with Crippen LogP contribution in [0.25, 0.3) is 0 Å². The van der Waals surface area contributed by atoms with Crippen molar-refractivity contribution in [2.45, 2.75) is 6.92 Å². The molecular weight excluding hydrogens is 256 g/mol. The van der Waals surface area contributed by atoms with E-state index in [2.05, 4.69) is 15.3 Å². The maximum absolute atomic E-state index is 11.6. The highest BCUT2D eigenvalue weighted by atomic mass is 33.1. The van der Waals surface area contributed by atoms with Crippen molar-refractivity contribution < 1.29 is 4.79 Å². The normalized spacial score (nSPS) is 10.2. The fourth-order valence-corrected chi connectivity index (χ4v) is 2.74. The van der Waals surface area contributed by atoms with E-state index in [1.165, 1.54) is 6.20 Å². The second kappa shape index (κ2) is 8.32. The third-order valence-electron chi connectivity index (χ3n) is 1.77. The number of nitrogens with one attached hydrogen (secondary N) is 1. The highest BCUT2D eigenvalue weighted by Crippen LogP contribution is 2.18. The fraction of sp³-hybridized carbons (Fsp3) is 0.500. The molecule has 0 aromatic carbocycles. The molecule has 0 aliphatic rings. The number of carbonyl (C=O) groups excluding carboxylic acids is 1. The summed E-state index contributed by atoms with van der Waals surface area (Å²) in [6.07, 6.45) is 3.07. The molecule has 1 rings (SSSR count). The van der Waals surface area contributed by atoms with Crippen LogP contribution >= 0.6 is 21.6 Å². The van der Waals surface area contributed by atoms with Crippen molar-refractivity contribution in [1.29, 1.82) is 0 Å². The number of aromatic nitrogens is 2. The number of nitrogens with two attached hydrogens (primary N) is 1. The molecule has 1 heterocycles. The minimum atomic E-state index is -0.179. The minimum absolute atomic E-state index is 0.179. The van der Waals surface area contributed by atoms with Gasteiger partial charge in [0.2, 0.25) is 0 Å². The van der Waals surface area contributed by atoms with E-state index in [1.54, 1.807) is 27.8 Å². The van der Waals surface area contributed by atoms with Gasteiger partial charge < -0.3 is 11.1 Å². The van der Waals surface area contributed by atoms with E-state index < -0.39 is 0 Å². The van der Waals surface area contributed by atoms with E-state index in [-0.39, 0.29) is 5.91 Å². The standard InChI is InChI=1S/C10H16N4OS2/c1-8-6-14-9(7-13-8)10(15)12-3-5-17-16-4-2-11/h6-7H,2-5,11H2,1H3,(H,12,15). The topological polar surface area (TPSA) is 80.9 Å². The van der Waals surface area contributed by atoms with E-state index in [0.717, 1.165) is 17.2 Å². The maximum atomic E-state index is 11.6. The Hall–Kier alpha value is -0.790. The molecule has 0 bridgehead atoms. The molecule has 94 valence electrons. The van der Waals surface area contributed by atoms with Crippen molar-refractivity contribution in [3.8, 4) is 0 Å². The van der Waals surface area contributed by atoms with Gasteiger partial charge in [-0.1, -0.05) is 21.6 Å². The molecule has 0 atom stereocenters. The van der Waals surface area contributed by atoms with Crippen molar-refractivity contribution >= 4 is 27.5 Å². The van der Waals surface area contributed by atoms with Crippen LogP contribution in [0.3, 0.4) is 0 Å². The van der Waals surface area contributed by atoms with Crippen LogP contribution in [0.2, 0.25) is 0 Å². The Balaban J connectivity index is 2.19. The zero-order valence-corrected chi connectivity index (χ0v) is 11.3. The van der Waals surface area contributed by atoms with Crippen molar-refractivity contribution in [2.24, 2.45) is 5.73 Å². The largest absolute Gasteiger partial charge is 0.350 e. The minimum Gasteiger partial charge on any atom is -0.350 e. The molecule has 3 N–H and O–H groups in total. The third-order valence-corrected chi connectivity index (χ3v) is 4.21. The van der Waals surface area contributed by atoms with Gasteiger partial charge in [-0.25, -0.2) is 4.98 Å². The molecule has 0 aliphatic carbocycles. The molecule has 17 heavy (non-hydrogen) atoms. The molecule has 1 aromatic heterocycles. The van der Waals surface area contributed by atoms with E-state index >= 15 is 0 Å². The van der Waals surface area contributed by atoms with Crippen LogP contribution in [0, 0.1) is 6.92 Å². The number of hydrogen-bond acceptors (Lipinski definition) is 6. The highest BCUT2D eigenvalue weighted by Gasteiger charge is 2.05. The van der Waals surface area contributed by atoms with Gasteiger partial charge in [-0.3, -0.25) is 9.78 Å². The molecular formula is C10H16N4OS2. The Morgan fingerprint density at radius 3 is 2.76 bits per heavy atom. The lowest BCUT2D eigenvalue weighted by atomic mass is 10.4. The van der Waals surface area contributed by atoms with E-state index in [9.17, 15) is 4.79 Å². The maximum Gasteiger partial charge on any atom is 0.271 e. The second-order valence-corrected chi connectivity index (χ2v) is 5.93. The van der Waals surface area contributed by atoms with E-state index in [4.69, 9.17) is 5.73 Å². The summed E-state index contributed by atoms with van der Waals surface area (Å²) in [7, 11) is 3.42. The lowest BCUT2D eigenvalue weighted by molar-refractivity contribution is 0.0951. The Labute approximate surface area is 109 Å². The van der Waals surface area contributed by atoms with Crippen LogP contribution in [0.5, 0.6) is 0 Å². The molecule has 0 saturated heterocycles. The molecule has 0 spiro atoms. The molecule has 0 unspecified atom stereocenters. The summed E-state index contributed by atoms with van der Waals surface area (Å²) in [6, 6.07) is 0. The van der Waals surface area contributed by atoms with Gasteiger partial charge in [0, 0.05) is 30.8 Å². The molecule has 0 saturated carbocycles. The van der Waals surface area contributed by atoms with Gasteiger partial charge in [-0.15, -0.1) is 0 Å². The Morgan fingerprint density at radius 1 is 1.35 bits per heavy atom. The van der Waals surface area contributed by atoms with Crippen LogP contribution in [0.1, 0.15) is 16.2 Å². The number of hydrogen-bond donors (Lipinski definition) is 2. The average molecular weight is 272 g/mol. The summed E-state index contributed by atoms with van der Waals surface area (Å²) in [6.45, 7) is 3.14. The number of nitrogens with zero attached hydrogens (tertiary/aromatic N) is 2. The van der Waals surface area contributed by atoms with Gasteiger partial charge in [0.25, 0.3) is 5.91 Å². The number of amides is 1. The lowest BCUT2D eigenvalue weighted by Gasteiger charge is -2.03. The number of carbonyl (C=O) groups is 1. The second-order valence-electron chi connectivity index (χ2n) is 3.23. The first-order chi connectivity index (χ1) is 8.24. The Morgan fingerprint density at radius 2 is 2.12 bits per heavy atom. The summed E-state index contributed by atoms with van der Waals surface area (Å²) < 4.78 is 0. The summed E-state index contributed by atoms with van der Waals surface area (Å²) in [5.41, 5.74) is 6.52. The number of rotatable bonds is 7. The Bertz CT molecular complexity index is 345. The van der Waals surface area contributed by atoms with Crippen LogP contribution < -0.4 is 11.1 Å². The highest BCUT2D eigenvalue weighted by molar-refractivity contribution is 8.76. The van der Waals surface area contributed by atoms with E-state index in [0.29, 0.717) is 18.8 Å². The average Bonchev–Trinajstić information content (AvgIpc) is 2.34. The molecule has 0 aliphatic heterocycles. The van der Waals surface area contributed by atoms with Crippen molar-refractivity contribution in [3.63, 3.8) is 0 Å². The van der Waals surface area contributed by atoms with Gasteiger partial charge >= 0.3 is 0 Å². The van der Waals surface area contributed by atoms with E-state index in [1.807, 2.05) is 6.92 Å². The smallest absolute Gasteiger partial charge is 0.271 e. The first-order valence-corrected chi connectivity index (χ1v) is 7.74. The van der Waals surface area contributed by atoms with Crippen molar-refractivity contribution in [3.05, 3.63) is 23.8 Å². The Kier molecular flexibility index (Phi) is 6.99. The van der Waals surface area contributed by atoms with Crippen molar-refractivity contribution in [2.75, 3.05) is 24.6 Å².